The fourth-order valence-electron chi connectivity index (χ4n) is 0.877. The third-order valence-corrected chi connectivity index (χ3v) is 2.01. The summed E-state index contributed by atoms with van der Waals surface area (Å²) in [6, 6.07) is 9.45. The van der Waals surface area contributed by atoms with Gasteiger partial charge in [0.25, 0.3) is 0 Å². The minimum absolute atomic E-state index is 0.384. The number of nitrogens with two attached hydrogens (primary N) is 1. The van der Waals surface area contributed by atoms with Crippen LogP contribution in [0.5, 0.6) is 0 Å². The van der Waals surface area contributed by atoms with Gasteiger partial charge in [-0.1, -0.05) is 41.9 Å². The maximum atomic E-state index is 5.71. The Balaban J connectivity index is 2.74. The van der Waals surface area contributed by atoms with E-state index in [1.54, 1.807) is 6.21 Å². The number of halogens is 1. The number of rotatable bonds is 3. The molecule has 0 bridgehead atoms. The fraction of sp³-hybridized carbons (Fsp3) is 0.0909. The predicted octanol–water partition coefficient (Wildman–Crippen LogP) is 2.52. The first-order valence-electron chi connectivity index (χ1n) is 4.43. The van der Waals surface area contributed by atoms with Crippen LogP contribution in [0.25, 0.3) is 0 Å². The second kappa shape index (κ2) is 5.98. The minimum atomic E-state index is 0.384. The van der Waals surface area contributed by atoms with Gasteiger partial charge in [0.15, 0.2) is 5.84 Å². The molecule has 0 atom stereocenters. The maximum Gasteiger partial charge on any atom is 0.153 e. The Labute approximate surface area is 94.0 Å². The van der Waals surface area contributed by atoms with E-state index in [2.05, 4.69) is 10.2 Å². The van der Waals surface area contributed by atoms with E-state index < -0.39 is 0 Å². The molecule has 4 heteroatoms. The van der Waals surface area contributed by atoms with Crippen LogP contribution in [0.15, 0.2) is 51.6 Å². The molecule has 1 rings (SSSR count). The van der Waals surface area contributed by atoms with Crippen molar-refractivity contribution >= 4 is 23.7 Å². The molecule has 3 nitrogen and oxygen atoms in total. The average Bonchev–Trinajstić information content (AvgIpc) is 2.29. The van der Waals surface area contributed by atoms with Gasteiger partial charge in [-0.15, -0.1) is 5.10 Å². The van der Waals surface area contributed by atoms with E-state index in [9.17, 15) is 0 Å². The quantitative estimate of drug-likeness (QED) is 0.476. The Bertz CT molecular complexity index is 394. The monoisotopic (exact) mass is 221 g/mol. The van der Waals surface area contributed by atoms with E-state index >= 15 is 0 Å². The Morgan fingerprint density at radius 2 is 2.00 bits per heavy atom. The molecule has 1 aromatic carbocycles. The van der Waals surface area contributed by atoms with Gasteiger partial charge in [0.05, 0.1) is 6.21 Å². The van der Waals surface area contributed by atoms with Gasteiger partial charge in [0, 0.05) is 11.1 Å². The highest BCUT2D eigenvalue weighted by molar-refractivity contribution is 6.26. The molecule has 0 radical (unpaired) electrons. The average molecular weight is 222 g/mol. The van der Waals surface area contributed by atoms with Gasteiger partial charge in [-0.2, -0.15) is 5.10 Å². The summed E-state index contributed by atoms with van der Waals surface area (Å²) in [4.78, 5) is 0. The lowest BCUT2D eigenvalue weighted by Crippen LogP contribution is -2.12. The van der Waals surface area contributed by atoms with Crippen molar-refractivity contribution in [1.82, 2.24) is 0 Å². The number of hydrogen-bond donors (Lipinski definition) is 1. The molecule has 0 aliphatic rings. The fourth-order valence-corrected chi connectivity index (χ4v) is 0.933. The number of benzene rings is 1. The lowest BCUT2D eigenvalue weighted by atomic mass is 10.2. The lowest BCUT2D eigenvalue weighted by molar-refractivity contribution is 1.23. The van der Waals surface area contributed by atoms with Crippen LogP contribution in [0.4, 0.5) is 0 Å². The first kappa shape index (κ1) is 11.5. The predicted molar refractivity (Wildman–Crippen MR) is 65.3 cm³/mol. The van der Waals surface area contributed by atoms with Crippen molar-refractivity contribution in [1.29, 1.82) is 0 Å². The molecule has 0 unspecified atom stereocenters. The van der Waals surface area contributed by atoms with E-state index in [4.69, 9.17) is 17.3 Å². The van der Waals surface area contributed by atoms with E-state index in [0.29, 0.717) is 5.84 Å². The van der Waals surface area contributed by atoms with E-state index in [1.807, 2.05) is 37.3 Å². The largest absolute Gasteiger partial charge is 0.382 e. The SMILES string of the molecule is CC(C=N/N=C(\N)c1ccccc1)=CCl. The van der Waals surface area contributed by atoms with Crippen LogP contribution in [0, 0.1) is 0 Å². The molecule has 0 heterocycles. The number of allylic oxidation sites excluding steroid dienone is 1. The lowest BCUT2D eigenvalue weighted by Gasteiger charge is -1.96. The van der Waals surface area contributed by atoms with Crippen LogP contribution in [-0.4, -0.2) is 12.1 Å². The van der Waals surface area contributed by atoms with Crippen LogP contribution in [-0.2, 0) is 0 Å². The van der Waals surface area contributed by atoms with Crippen molar-refractivity contribution in [3.8, 4) is 0 Å². The summed E-state index contributed by atoms with van der Waals surface area (Å²) in [5.74, 6) is 0.384. The second-order valence-corrected chi connectivity index (χ2v) is 3.17. The van der Waals surface area contributed by atoms with Gasteiger partial charge in [-0.05, 0) is 12.5 Å². The zero-order valence-corrected chi connectivity index (χ0v) is 9.15. The summed E-state index contributed by atoms with van der Waals surface area (Å²) in [7, 11) is 0. The molecule has 0 fully saturated rings. The standard InChI is InChI=1S/C11H12ClN3/c1-9(7-12)8-14-15-11(13)10-5-3-2-4-6-10/h2-8H,1H3,(H2,13,15). The molecule has 0 aliphatic heterocycles. The van der Waals surface area contributed by atoms with Gasteiger partial charge in [0.1, 0.15) is 0 Å². The van der Waals surface area contributed by atoms with Crippen LogP contribution in [0.2, 0.25) is 0 Å². The van der Waals surface area contributed by atoms with Crippen LogP contribution in [0.3, 0.4) is 0 Å². The molecule has 1 aromatic rings. The highest BCUT2D eigenvalue weighted by Gasteiger charge is 1.94. The molecule has 0 aromatic heterocycles. The molecular formula is C11H12ClN3. The molecule has 0 saturated heterocycles. The van der Waals surface area contributed by atoms with Gasteiger partial charge in [0.2, 0.25) is 0 Å². The van der Waals surface area contributed by atoms with Crippen molar-refractivity contribution in [2.45, 2.75) is 6.92 Å². The van der Waals surface area contributed by atoms with Gasteiger partial charge in [-0.3, -0.25) is 0 Å². The van der Waals surface area contributed by atoms with Gasteiger partial charge in [-0.25, -0.2) is 0 Å². The van der Waals surface area contributed by atoms with Crippen molar-refractivity contribution in [3.63, 3.8) is 0 Å². The smallest absolute Gasteiger partial charge is 0.153 e. The van der Waals surface area contributed by atoms with Crippen LogP contribution >= 0.6 is 11.6 Å². The summed E-state index contributed by atoms with van der Waals surface area (Å²) in [5, 5.41) is 7.65. The summed E-state index contributed by atoms with van der Waals surface area (Å²) in [6.07, 6.45) is 1.54. The third kappa shape index (κ3) is 3.95. The highest BCUT2D eigenvalue weighted by Crippen LogP contribution is 1.98. The molecule has 0 aliphatic carbocycles. The highest BCUT2D eigenvalue weighted by atomic mass is 35.5. The Morgan fingerprint density at radius 1 is 1.33 bits per heavy atom. The van der Waals surface area contributed by atoms with E-state index in [1.165, 1.54) is 5.54 Å². The summed E-state index contributed by atoms with van der Waals surface area (Å²) in [5.41, 5.74) is 8.80. The van der Waals surface area contributed by atoms with Crippen LogP contribution in [0.1, 0.15) is 12.5 Å². The molecular weight excluding hydrogens is 210 g/mol. The Kier molecular flexibility index (Phi) is 4.57. The molecule has 78 valence electrons. The van der Waals surface area contributed by atoms with Gasteiger partial charge < -0.3 is 5.73 Å². The summed E-state index contributed by atoms with van der Waals surface area (Å²) < 4.78 is 0. The minimum Gasteiger partial charge on any atom is -0.382 e. The van der Waals surface area contributed by atoms with E-state index in [0.717, 1.165) is 11.1 Å². The normalized spacial score (nSPS) is 13.5. The molecule has 2 N–H and O–H groups in total. The van der Waals surface area contributed by atoms with Crippen molar-refractivity contribution < 1.29 is 0 Å². The molecule has 15 heavy (non-hydrogen) atoms. The van der Waals surface area contributed by atoms with E-state index in [-0.39, 0.29) is 0 Å². The second-order valence-electron chi connectivity index (χ2n) is 2.95. The van der Waals surface area contributed by atoms with Crippen molar-refractivity contribution in [3.05, 3.63) is 47.0 Å². The number of nitrogens with zero attached hydrogens (tertiary/aromatic N) is 2. The molecule has 0 saturated carbocycles. The van der Waals surface area contributed by atoms with Gasteiger partial charge >= 0.3 is 0 Å². The zero-order chi connectivity index (χ0) is 11.1. The topological polar surface area (TPSA) is 50.7 Å². The molecule has 0 spiro atoms. The Hall–Kier alpha value is -1.61. The van der Waals surface area contributed by atoms with Crippen LogP contribution < -0.4 is 5.73 Å². The first-order valence-corrected chi connectivity index (χ1v) is 4.86. The summed E-state index contributed by atoms with van der Waals surface area (Å²) >= 11 is 5.45. The molecule has 0 amide bonds. The van der Waals surface area contributed by atoms with Crippen molar-refractivity contribution in [2.24, 2.45) is 15.9 Å². The Morgan fingerprint density at radius 3 is 2.60 bits per heavy atom. The number of amidine groups is 1. The number of hydrogen-bond acceptors (Lipinski definition) is 2. The summed E-state index contributed by atoms with van der Waals surface area (Å²) in [6.45, 7) is 1.82. The zero-order valence-electron chi connectivity index (χ0n) is 8.39. The third-order valence-electron chi connectivity index (χ3n) is 1.67. The maximum absolute atomic E-state index is 5.71. The van der Waals surface area contributed by atoms with Crippen molar-refractivity contribution in [2.75, 3.05) is 0 Å². The first-order chi connectivity index (χ1) is 7.24.